The summed E-state index contributed by atoms with van der Waals surface area (Å²) in [7, 11) is 0. The van der Waals surface area contributed by atoms with E-state index in [0.717, 1.165) is 5.56 Å². The first kappa shape index (κ1) is 12.7. The molecule has 0 saturated heterocycles. The van der Waals surface area contributed by atoms with E-state index in [2.05, 4.69) is 15.9 Å². The largest absolute Gasteiger partial charge is 0.390 e. The third-order valence-electron chi connectivity index (χ3n) is 2.82. The van der Waals surface area contributed by atoms with Crippen molar-refractivity contribution in [2.24, 2.45) is 5.92 Å². The van der Waals surface area contributed by atoms with Gasteiger partial charge in [0.05, 0.1) is 10.1 Å². The second kappa shape index (κ2) is 4.62. The second-order valence-corrected chi connectivity index (χ2v) is 5.19. The zero-order valence-electron chi connectivity index (χ0n) is 9.22. The molecule has 0 aliphatic carbocycles. The molecule has 1 atom stereocenters. The minimum atomic E-state index is -0.809. The van der Waals surface area contributed by atoms with Crippen molar-refractivity contribution in [1.82, 2.24) is 0 Å². The van der Waals surface area contributed by atoms with E-state index in [0.29, 0.717) is 10.9 Å². The fourth-order valence-corrected chi connectivity index (χ4v) is 1.68. The minimum Gasteiger partial charge on any atom is -0.390 e. The Hall–Kier alpha value is -0.410. The Morgan fingerprint density at radius 1 is 1.47 bits per heavy atom. The molecule has 1 aromatic carbocycles. The predicted octanol–water partition coefficient (Wildman–Crippen LogP) is 3.54. The molecule has 1 unspecified atom stereocenters. The highest BCUT2D eigenvalue weighted by Gasteiger charge is 2.26. The van der Waals surface area contributed by atoms with Gasteiger partial charge in [-0.1, -0.05) is 26.0 Å². The summed E-state index contributed by atoms with van der Waals surface area (Å²) in [5.74, 6) is -0.153. The molecule has 0 aromatic heterocycles. The molecule has 0 saturated carbocycles. The van der Waals surface area contributed by atoms with Crippen LogP contribution in [0.1, 0.15) is 26.3 Å². The molecule has 3 heteroatoms. The highest BCUT2D eigenvalue weighted by atomic mass is 79.9. The van der Waals surface area contributed by atoms with Crippen LogP contribution >= 0.6 is 15.9 Å². The number of halogens is 2. The van der Waals surface area contributed by atoms with Crippen LogP contribution in [0, 0.1) is 11.7 Å². The molecule has 0 aliphatic heterocycles. The van der Waals surface area contributed by atoms with E-state index in [9.17, 15) is 9.50 Å². The second-order valence-electron chi connectivity index (χ2n) is 4.40. The zero-order chi connectivity index (χ0) is 11.6. The van der Waals surface area contributed by atoms with Gasteiger partial charge in [0.25, 0.3) is 0 Å². The summed E-state index contributed by atoms with van der Waals surface area (Å²) in [4.78, 5) is 0. The van der Waals surface area contributed by atoms with Crippen LogP contribution in [0.25, 0.3) is 0 Å². The van der Waals surface area contributed by atoms with Gasteiger partial charge in [0.1, 0.15) is 5.82 Å². The fraction of sp³-hybridized carbons (Fsp3) is 0.500. The summed E-state index contributed by atoms with van der Waals surface area (Å²) in [6, 6.07) is 4.88. The van der Waals surface area contributed by atoms with E-state index < -0.39 is 5.60 Å². The lowest BCUT2D eigenvalue weighted by atomic mass is 9.86. The van der Waals surface area contributed by atoms with Gasteiger partial charge in [-0.3, -0.25) is 0 Å². The van der Waals surface area contributed by atoms with Crippen LogP contribution in [0.4, 0.5) is 4.39 Å². The predicted molar refractivity (Wildman–Crippen MR) is 63.3 cm³/mol. The van der Waals surface area contributed by atoms with Gasteiger partial charge >= 0.3 is 0 Å². The molecule has 0 fully saturated rings. The average Bonchev–Trinajstić information content (AvgIpc) is 2.12. The number of benzene rings is 1. The van der Waals surface area contributed by atoms with Crippen molar-refractivity contribution in [2.75, 3.05) is 0 Å². The third-order valence-corrected chi connectivity index (χ3v) is 3.71. The average molecular weight is 275 g/mol. The van der Waals surface area contributed by atoms with Gasteiger partial charge in [0.15, 0.2) is 0 Å². The van der Waals surface area contributed by atoms with Gasteiger partial charge < -0.3 is 5.11 Å². The summed E-state index contributed by atoms with van der Waals surface area (Å²) >= 11 is 3.20. The van der Waals surface area contributed by atoms with Crippen LogP contribution in [0.15, 0.2) is 22.7 Å². The van der Waals surface area contributed by atoms with Crippen molar-refractivity contribution in [2.45, 2.75) is 32.8 Å². The third kappa shape index (κ3) is 3.02. The number of hydrogen-bond acceptors (Lipinski definition) is 1. The maximum Gasteiger partial charge on any atom is 0.137 e. The molecule has 0 spiro atoms. The molecule has 84 valence electrons. The number of hydrogen-bond donors (Lipinski definition) is 1. The van der Waals surface area contributed by atoms with Crippen LogP contribution in [0.2, 0.25) is 0 Å². The van der Waals surface area contributed by atoms with Crippen LogP contribution in [-0.4, -0.2) is 10.7 Å². The zero-order valence-corrected chi connectivity index (χ0v) is 10.8. The van der Waals surface area contributed by atoms with Crippen LogP contribution in [0.5, 0.6) is 0 Å². The van der Waals surface area contributed by atoms with Gasteiger partial charge in [-0.15, -0.1) is 0 Å². The normalized spacial score (nSPS) is 15.4. The highest BCUT2D eigenvalue weighted by Crippen LogP contribution is 2.27. The maximum absolute atomic E-state index is 13.2. The lowest BCUT2D eigenvalue weighted by Gasteiger charge is -2.28. The standard InChI is InChI=1S/C12H16BrFO/c1-8(2)12(3,15)7-9-5-4-6-10(14)11(9)13/h4-6,8,15H,7H2,1-3H3. The van der Waals surface area contributed by atoms with Crippen molar-refractivity contribution in [3.05, 3.63) is 34.1 Å². The Kier molecular flexibility index (Phi) is 3.90. The first-order chi connectivity index (χ1) is 6.84. The van der Waals surface area contributed by atoms with E-state index in [4.69, 9.17) is 0 Å². The van der Waals surface area contributed by atoms with Crippen molar-refractivity contribution < 1.29 is 9.50 Å². The Labute approximate surface area is 98.4 Å². The summed E-state index contributed by atoms with van der Waals surface area (Å²) < 4.78 is 13.7. The van der Waals surface area contributed by atoms with Crippen molar-refractivity contribution in [3.63, 3.8) is 0 Å². The summed E-state index contributed by atoms with van der Waals surface area (Å²) in [6.45, 7) is 5.68. The lowest BCUT2D eigenvalue weighted by molar-refractivity contribution is 0.0137. The Balaban J connectivity index is 2.95. The fourth-order valence-electron chi connectivity index (χ4n) is 1.27. The van der Waals surface area contributed by atoms with E-state index >= 15 is 0 Å². The molecule has 0 radical (unpaired) electrons. The van der Waals surface area contributed by atoms with E-state index in [1.165, 1.54) is 6.07 Å². The van der Waals surface area contributed by atoms with Crippen molar-refractivity contribution in [3.8, 4) is 0 Å². The maximum atomic E-state index is 13.2. The molecule has 1 aromatic rings. The van der Waals surface area contributed by atoms with Crippen molar-refractivity contribution in [1.29, 1.82) is 0 Å². The molecule has 0 aliphatic rings. The van der Waals surface area contributed by atoms with Gasteiger partial charge in [-0.25, -0.2) is 4.39 Å². The van der Waals surface area contributed by atoms with Crippen LogP contribution in [-0.2, 0) is 6.42 Å². The molecule has 0 heterocycles. The molecular weight excluding hydrogens is 259 g/mol. The molecule has 1 N–H and O–H groups in total. The Morgan fingerprint density at radius 3 is 2.60 bits per heavy atom. The molecule has 0 bridgehead atoms. The first-order valence-corrected chi connectivity index (χ1v) is 5.79. The smallest absolute Gasteiger partial charge is 0.137 e. The molecule has 1 nitrogen and oxygen atoms in total. The van der Waals surface area contributed by atoms with Crippen molar-refractivity contribution >= 4 is 15.9 Å². The van der Waals surface area contributed by atoms with E-state index in [1.54, 1.807) is 13.0 Å². The van der Waals surface area contributed by atoms with Gasteiger partial charge in [0.2, 0.25) is 0 Å². The van der Waals surface area contributed by atoms with Gasteiger partial charge in [0, 0.05) is 6.42 Å². The van der Waals surface area contributed by atoms with E-state index in [1.807, 2.05) is 19.9 Å². The quantitative estimate of drug-likeness (QED) is 0.894. The monoisotopic (exact) mass is 274 g/mol. The highest BCUT2D eigenvalue weighted by molar-refractivity contribution is 9.10. The molecule has 15 heavy (non-hydrogen) atoms. The number of rotatable bonds is 3. The Bertz CT molecular complexity index is 347. The van der Waals surface area contributed by atoms with Gasteiger partial charge in [-0.2, -0.15) is 0 Å². The lowest BCUT2D eigenvalue weighted by Crippen LogP contribution is -2.33. The molecular formula is C12H16BrFO. The Morgan fingerprint density at radius 2 is 2.07 bits per heavy atom. The van der Waals surface area contributed by atoms with E-state index in [-0.39, 0.29) is 11.7 Å². The summed E-state index contributed by atoms with van der Waals surface area (Å²) in [5, 5.41) is 10.1. The summed E-state index contributed by atoms with van der Waals surface area (Å²) in [6.07, 6.45) is 0.447. The van der Waals surface area contributed by atoms with Crippen LogP contribution in [0.3, 0.4) is 0 Å². The SMILES string of the molecule is CC(C)C(C)(O)Cc1cccc(F)c1Br. The van der Waals surface area contributed by atoms with Crippen LogP contribution < -0.4 is 0 Å². The molecule has 1 rings (SSSR count). The number of aliphatic hydroxyl groups is 1. The van der Waals surface area contributed by atoms with Gasteiger partial charge in [-0.05, 0) is 40.4 Å². The molecule has 0 amide bonds. The minimum absolute atomic E-state index is 0.132. The first-order valence-electron chi connectivity index (χ1n) is 5.00. The topological polar surface area (TPSA) is 20.2 Å². The summed E-state index contributed by atoms with van der Waals surface area (Å²) in [5.41, 5.74) is -0.00949.